The Hall–Kier alpha value is -3.61. The fourth-order valence-corrected chi connectivity index (χ4v) is 3.42. The van der Waals surface area contributed by atoms with Crippen molar-refractivity contribution in [2.75, 3.05) is 19.5 Å². The van der Waals surface area contributed by atoms with Gasteiger partial charge in [-0.05, 0) is 44.5 Å². The van der Waals surface area contributed by atoms with E-state index in [1.54, 1.807) is 36.1 Å². The minimum atomic E-state index is -0.394. The second-order valence-corrected chi connectivity index (χ2v) is 6.94. The van der Waals surface area contributed by atoms with Gasteiger partial charge in [0.1, 0.15) is 5.75 Å². The van der Waals surface area contributed by atoms with Crippen LogP contribution in [-0.2, 0) is 11.3 Å². The average molecular weight is 407 g/mol. The van der Waals surface area contributed by atoms with Gasteiger partial charge in [0.25, 0.3) is 5.91 Å². The van der Waals surface area contributed by atoms with Gasteiger partial charge in [-0.3, -0.25) is 9.48 Å². The van der Waals surface area contributed by atoms with E-state index in [0.29, 0.717) is 34.8 Å². The second-order valence-electron chi connectivity index (χ2n) is 6.94. The number of aryl methyl sites for hydroxylation is 1. The molecule has 7 heteroatoms. The van der Waals surface area contributed by atoms with Gasteiger partial charge in [0, 0.05) is 11.1 Å². The molecule has 30 heavy (non-hydrogen) atoms. The molecule has 1 heterocycles. The van der Waals surface area contributed by atoms with Gasteiger partial charge >= 0.3 is 5.97 Å². The van der Waals surface area contributed by atoms with Crippen molar-refractivity contribution in [3.8, 4) is 5.75 Å². The van der Waals surface area contributed by atoms with Crippen LogP contribution in [0.5, 0.6) is 5.75 Å². The maximum Gasteiger partial charge on any atom is 0.338 e. The lowest BCUT2D eigenvalue weighted by Crippen LogP contribution is -2.15. The van der Waals surface area contributed by atoms with E-state index in [0.717, 1.165) is 16.8 Å². The van der Waals surface area contributed by atoms with Gasteiger partial charge < -0.3 is 14.8 Å². The number of rotatable bonds is 6. The molecule has 0 aliphatic heterocycles. The van der Waals surface area contributed by atoms with Gasteiger partial charge in [-0.15, -0.1) is 0 Å². The predicted octanol–water partition coefficient (Wildman–Crippen LogP) is 3.90. The van der Waals surface area contributed by atoms with E-state index in [1.165, 1.54) is 7.11 Å². The number of carbonyl (C=O) groups is 2. The third kappa shape index (κ3) is 4.05. The highest BCUT2D eigenvalue weighted by atomic mass is 16.5. The Morgan fingerprint density at radius 3 is 2.40 bits per heavy atom. The summed E-state index contributed by atoms with van der Waals surface area (Å²) in [4.78, 5) is 24.9. The third-order valence-corrected chi connectivity index (χ3v) is 5.11. The Balaban J connectivity index is 1.89. The number of nitrogens with one attached hydrogen (secondary N) is 1. The highest BCUT2D eigenvalue weighted by Crippen LogP contribution is 2.25. The molecule has 0 atom stereocenters. The van der Waals surface area contributed by atoms with E-state index in [9.17, 15) is 9.59 Å². The Bertz CT molecular complexity index is 1100. The highest BCUT2D eigenvalue weighted by molar-refractivity contribution is 6.06. The van der Waals surface area contributed by atoms with Gasteiger partial charge in [0.05, 0.1) is 43.4 Å². The minimum absolute atomic E-state index is 0.230. The molecule has 0 fully saturated rings. The van der Waals surface area contributed by atoms with Crippen LogP contribution in [0.1, 0.15) is 43.2 Å². The predicted molar refractivity (Wildman–Crippen MR) is 114 cm³/mol. The summed E-state index contributed by atoms with van der Waals surface area (Å²) in [5, 5.41) is 7.53. The topological polar surface area (TPSA) is 82.5 Å². The number of esters is 1. The van der Waals surface area contributed by atoms with Gasteiger partial charge in [-0.1, -0.05) is 24.3 Å². The normalized spacial score (nSPS) is 10.6. The molecule has 2 aromatic carbocycles. The van der Waals surface area contributed by atoms with Crippen molar-refractivity contribution in [2.24, 2.45) is 0 Å². The van der Waals surface area contributed by atoms with Gasteiger partial charge in [-0.25, -0.2) is 4.79 Å². The lowest BCUT2D eigenvalue weighted by atomic mass is 10.1. The zero-order valence-corrected chi connectivity index (χ0v) is 17.8. The number of benzene rings is 2. The number of carbonyl (C=O) groups excluding carboxylic acids is 2. The number of aromatic nitrogens is 2. The quantitative estimate of drug-likeness (QED) is 0.627. The van der Waals surface area contributed by atoms with Crippen LogP contribution in [0.4, 0.5) is 5.69 Å². The van der Waals surface area contributed by atoms with Crippen LogP contribution in [0, 0.1) is 20.8 Å². The standard InChI is InChI=1S/C23H25N3O4/c1-14-18(11-8-12-20(14)29-4)22(27)24-21-15(2)25-26(16(21)3)13-17-9-6-7-10-19(17)23(28)30-5/h6-12H,13H2,1-5H3,(H,24,27). The Labute approximate surface area is 175 Å². The van der Waals surface area contributed by atoms with Gasteiger partial charge in [0.15, 0.2) is 0 Å². The summed E-state index contributed by atoms with van der Waals surface area (Å²) in [5.41, 5.74) is 4.72. The Morgan fingerprint density at radius 1 is 1.00 bits per heavy atom. The summed E-state index contributed by atoms with van der Waals surface area (Å²) in [5.74, 6) is 0.0347. The van der Waals surface area contributed by atoms with Crippen molar-refractivity contribution in [3.05, 3.63) is 76.1 Å². The number of anilines is 1. The van der Waals surface area contributed by atoms with E-state index in [2.05, 4.69) is 10.4 Å². The molecule has 0 bridgehead atoms. The molecule has 0 aliphatic rings. The number of amides is 1. The molecule has 3 rings (SSSR count). The maximum atomic E-state index is 12.9. The zero-order valence-electron chi connectivity index (χ0n) is 17.8. The number of nitrogens with zero attached hydrogens (tertiary/aromatic N) is 2. The monoisotopic (exact) mass is 407 g/mol. The largest absolute Gasteiger partial charge is 0.496 e. The molecule has 3 aromatic rings. The first-order chi connectivity index (χ1) is 14.4. The zero-order chi connectivity index (χ0) is 21.8. The SMILES string of the molecule is COC(=O)c1ccccc1Cn1nc(C)c(NC(=O)c2cccc(OC)c2C)c1C. The first-order valence-electron chi connectivity index (χ1n) is 9.52. The molecule has 156 valence electrons. The van der Waals surface area contributed by atoms with Crippen LogP contribution in [-0.4, -0.2) is 35.9 Å². The van der Waals surface area contributed by atoms with E-state index < -0.39 is 5.97 Å². The molecule has 0 saturated carbocycles. The molecule has 0 unspecified atom stereocenters. The lowest BCUT2D eigenvalue weighted by molar-refractivity contribution is 0.0599. The molecule has 0 saturated heterocycles. The fourth-order valence-electron chi connectivity index (χ4n) is 3.42. The number of hydrogen-bond acceptors (Lipinski definition) is 5. The average Bonchev–Trinajstić information content (AvgIpc) is 3.01. The van der Waals surface area contributed by atoms with E-state index in [1.807, 2.05) is 39.0 Å². The molecule has 0 spiro atoms. The van der Waals surface area contributed by atoms with Crippen molar-refractivity contribution in [2.45, 2.75) is 27.3 Å². The van der Waals surface area contributed by atoms with E-state index >= 15 is 0 Å². The van der Waals surface area contributed by atoms with Crippen molar-refractivity contribution in [1.29, 1.82) is 0 Å². The lowest BCUT2D eigenvalue weighted by Gasteiger charge is -2.12. The summed E-state index contributed by atoms with van der Waals surface area (Å²) in [6, 6.07) is 12.6. The van der Waals surface area contributed by atoms with Crippen molar-refractivity contribution in [1.82, 2.24) is 9.78 Å². The molecular weight excluding hydrogens is 382 g/mol. The third-order valence-electron chi connectivity index (χ3n) is 5.11. The minimum Gasteiger partial charge on any atom is -0.496 e. The molecule has 0 aliphatic carbocycles. The Kier molecular flexibility index (Phi) is 6.20. The number of hydrogen-bond donors (Lipinski definition) is 1. The van der Waals surface area contributed by atoms with Crippen molar-refractivity contribution < 1.29 is 19.1 Å². The summed E-state index contributed by atoms with van der Waals surface area (Å²) in [7, 11) is 2.94. The van der Waals surface area contributed by atoms with Gasteiger partial charge in [-0.2, -0.15) is 5.10 Å². The van der Waals surface area contributed by atoms with Crippen LogP contribution in [0.15, 0.2) is 42.5 Å². The van der Waals surface area contributed by atoms with Crippen LogP contribution in [0.2, 0.25) is 0 Å². The second kappa shape index (κ2) is 8.82. The Morgan fingerprint density at radius 2 is 1.70 bits per heavy atom. The summed E-state index contributed by atoms with van der Waals surface area (Å²) >= 11 is 0. The molecule has 7 nitrogen and oxygen atoms in total. The molecule has 1 N–H and O–H groups in total. The maximum absolute atomic E-state index is 12.9. The van der Waals surface area contributed by atoms with Crippen LogP contribution >= 0.6 is 0 Å². The van der Waals surface area contributed by atoms with Crippen LogP contribution in [0.3, 0.4) is 0 Å². The van der Waals surface area contributed by atoms with E-state index in [4.69, 9.17) is 9.47 Å². The van der Waals surface area contributed by atoms with Crippen molar-refractivity contribution >= 4 is 17.6 Å². The fraction of sp³-hybridized carbons (Fsp3) is 0.261. The van der Waals surface area contributed by atoms with Crippen LogP contribution in [0.25, 0.3) is 0 Å². The first-order valence-corrected chi connectivity index (χ1v) is 9.52. The van der Waals surface area contributed by atoms with Crippen LogP contribution < -0.4 is 10.1 Å². The molecule has 1 amide bonds. The summed E-state index contributed by atoms with van der Waals surface area (Å²) < 4.78 is 11.9. The van der Waals surface area contributed by atoms with Gasteiger partial charge in [0.2, 0.25) is 0 Å². The van der Waals surface area contributed by atoms with Crippen molar-refractivity contribution in [3.63, 3.8) is 0 Å². The summed E-state index contributed by atoms with van der Waals surface area (Å²) in [6.45, 7) is 5.95. The highest BCUT2D eigenvalue weighted by Gasteiger charge is 2.19. The van der Waals surface area contributed by atoms with E-state index in [-0.39, 0.29) is 5.91 Å². The number of ether oxygens (including phenoxy) is 2. The summed E-state index contributed by atoms with van der Waals surface area (Å²) in [6.07, 6.45) is 0. The molecule has 0 radical (unpaired) electrons. The smallest absolute Gasteiger partial charge is 0.338 e. The molecule has 1 aromatic heterocycles. The molecular formula is C23H25N3O4. The number of methoxy groups -OCH3 is 2. The first kappa shape index (κ1) is 21.1.